The quantitative estimate of drug-likeness (QED) is 0.836. The van der Waals surface area contributed by atoms with Gasteiger partial charge in [-0.05, 0) is 36.6 Å². The molecule has 4 heteroatoms. The molecule has 1 fully saturated rings. The van der Waals surface area contributed by atoms with E-state index in [0.29, 0.717) is 23.7 Å². The maximum absolute atomic E-state index is 12.0. The van der Waals surface area contributed by atoms with E-state index < -0.39 is 0 Å². The molecule has 2 N–H and O–H groups in total. The van der Waals surface area contributed by atoms with E-state index >= 15 is 0 Å². The molecular weight excluding hydrogens is 248 g/mol. The Morgan fingerprint density at radius 1 is 1.22 bits per heavy atom. The Kier molecular flexibility index (Phi) is 4.48. The normalized spacial score (nSPS) is 17.4. The van der Waals surface area contributed by atoms with Crippen molar-refractivity contribution in [2.24, 2.45) is 0 Å². The highest BCUT2D eigenvalue weighted by Crippen LogP contribution is 2.21. The summed E-state index contributed by atoms with van der Waals surface area (Å²) in [5.74, 6) is 0.231. The van der Waals surface area contributed by atoms with Crippen molar-refractivity contribution >= 4 is 23.2 Å². The van der Waals surface area contributed by atoms with Gasteiger partial charge in [0, 0.05) is 30.2 Å². The molecule has 0 spiro atoms. The van der Waals surface area contributed by atoms with E-state index in [0.717, 1.165) is 24.9 Å². The van der Waals surface area contributed by atoms with Gasteiger partial charge < -0.3 is 10.6 Å². The fraction of sp³-hybridized carbons (Fsp3) is 0.500. The van der Waals surface area contributed by atoms with Crippen molar-refractivity contribution in [1.82, 2.24) is 4.90 Å². The van der Waals surface area contributed by atoms with Crippen LogP contribution in [0.2, 0.25) is 5.02 Å². The second-order valence-corrected chi connectivity index (χ2v) is 5.26. The summed E-state index contributed by atoms with van der Waals surface area (Å²) in [5, 5.41) is 0.665. The zero-order valence-electron chi connectivity index (χ0n) is 10.5. The molecule has 0 unspecified atom stereocenters. The van der Waals surface area contributed by atoms with Gasteiger partial charge in [0.05, 0.1) is 0 Å². The van der Waals surface area contributed by atoms with E-state index in [1.54, 1.807) is 12.1 Å². The molecule has 1 aromatic rings. The third-order valence-electron chi connectivity index (χ3n) is 3.39. The maximum atomic E-state index is 12.0. The lowest BCUT2D eigenvalue weighted by Crippen LogP contribution is -2.32. The molecule has 0 bridgehead atoms. The van der Waals surface area contributed by atoms with Crippen LogP contribution in [0.1, 0.15) is 37.7 Å². The first-order valence-corrected chi connectivity index (χ1v) is 6.86. The number of benzene rings is 1. The number of nitrogen functional groups attached to an aromatic ring is 1. The summed E-state index contributed by atoms with van der Waals surface area (Å²) in [5.41, 5.74) is 7.57. The van der Waals surface area contributed by atoms with Crippen molar-refractivity contribution in [1.29, 1.82) is 0 Å². The molecule has 0 saturated carbocycles. The molecule has 0 atom stereocenters. The van der Waals surface area contributed by atoms with Crippen molar-refractivity contribution in [3.05, 3.63) is 28.8 Å². The van der Waals surface area contributed by atoms with Crippen molar-refractivity contribution < 1.29 is 4.79 Å². The van der Waals surface area contributed by atoms with Gasteiger partial charge in [-0.3, -0.25) is 4.79 Å². The van der Waals surface area contributed by atoms with Crippen molar-refractivity contribution in [2.45, 2.75) is 38.6 Å². The molecule has 1 heterocycles. The van der Waals surface area contributed by atoms with Gasteiger partial charge in [0.25, 0.3) is 0 Å². The van der Waals surface area contributed by atoms with Gasteiger partial charge >= 0.3 is 0 Å². The summed E-state index contributed by atoms with van der Waals surface area (Å²) in [4.78, 5) is 13.9. The molecule has 0 aromatic heterocycles. The lowest BCUT2D eigenvalue weighted by Gasteiger charge is -2.25. The number of nitrogens with zero attached hydrogens (tertiary/aromatic N) is 1. The lowest BCUT2D eigenvalue weighted by atomic mass is 10.1. The van der Waals surface area contributed by atoms with Crippen LogP contribution in [0.15, 0.2) is 18.2 Å². The van der Waals surface area contributed by atoms with Crippen molar-refractivity contribution in [3.63, 3.8) is 0 Å². The monoisotopic (exact) mass is 266 g/mol. The number of likely N-dealkylation sites (tertiary alicyclic amines) is 1. The maximum Gasteiger partial charge on any atom is 0.222 e. The van der Waals surface area contributed by atoms with Gasteiger partial charge in [-0.1, -0.05) is 24.4 Å². The minimum atomic E-state index is 0.231. The Labute approximate surface area is 113 Å². The van der Waals surface area contributed by atoms with E-state index in [2.05, 4.69) is 0 Å². The number of carbonyl (C=O) groups is 1. The Balaban J connectivity index is 2.10. The minimum Gasteiger partial charge on any atom is -0.398 e. The summed E-state index contributed by atoms with van der Waals surface area (Å²) in [6, 6.07) is 5.42. The van der Waals surface area contributed by atoms with Crippen LogP contribution in [0, 0.1) is 0 Å². The van der Waals surface area contributed by atoms with Crippen LogP contribution in [0.25, 0.3) is 0 Å². The summed E-state index contributed by atoms with van der Waals surface area (Å²) in [6.45, 7) is 1.40. The van der Waals surface area contributed by atoms with E-state index in [-0.39, 0.29) is 5.91 Å². The molecular formula is C14H19ClN2O. The topological polar surface area (TPSA) is 46.3 Å². The zero-order chi connectivity index (χ0) is 13.0. The molecule has 0 radical (unpaired) electrons. The van der Waals surface area contributed by atoms with E-state index in [4.69, 9.17) is 17.3 Å². The fourth-order valence-corrected chi connectivity index (χ4v) is 2.49. The highest BCUT2D eigenvalue weighted by Gasteiger charge is 2.16. The highest BCUT2D eigenvalue weighted by molar-refractivity contribution is 6.30. The number of carbonyl (C=O) groups excluding carboxylic acids is 1. The number of halogens is 1. The van der Waals surface area contributed by atoms with Crippen LogP contribution < -0.4 is 5.73 Å². The van der Waals surface area contributed by atoms with E-state index in [1.807, 2.05) is 11.0 Å². The van der Waals surface area contributed by atoms with Crippen molar-refractivity contribution in [3.8, 4) is 0 Å². The zero-order valence-corrected chi connectivity index (χ0v) is 11.2. The third-order valence-corrected chi connectivity index (χ3v) is 3.62. The molecule has 98 valence electrons. The number of amides is 1. The predicted molar refractivity (Wildman–Crippen MR) is 74.4 cm³/mol. The molecule has 1 aromatic carbocycles. The molecule has 1 amide bonds. The number of anilines is 1. The number of hydrogen-bond acceptors (Lipinski definition) is 2. The molecule has 18 heavy (non-hydrogen) atoms. The summed E-state index contributed by atoms with van der Waals surface area (Å²) >= 11 is 5.97. The smallest absolute Gasteiger partial charge is 0.222 e. The van der Waals surface area contributed by atoms with E-state index in [9.17, 15) is 4.79 Å². The van der Waals surface area contributed by atoms with Gasteiger partial charge in [0.2, 0.25) is 5.91 Å². The summed E-state index contributed by atoms with van der Waals surface area (Å²) in [6.07, 6.45) is 5.10. The number of rotatable bonds is 2. The second-order valence-electron chi connectivity index (χ2n) is 4.82. The highest BCUT2D eigenvalue weighted by atomic mass is 35.5. The average molecular weight is 267 g/mol. The van der Waals surface area contributed by atoms with Crippen LogP contribution in [-0.2, 0) is 11.3 Å². The lowest BCUT2D eigenvalue weighted by molar-refractivity contribution is -0.132. The Bertz CT molecular complexity index is 434. The average Bonchev–Trinajstić information content (AvgIpc) is 2.33. The summed E-state index contributed by atoms with van der Waals surface area (Å²) in [7, 11) is 0. The third kappa shape index (κ3) is 3.39. The van der Waals surface area contributed by atoms with Crippen LogP contribution in [0.3, 0.4) is 0 Å². The Hall–Kier alpha value is -1.22. The SMILES string of the molecule is Nc1ccc(Cl)cc1CN1CCCCCCC1=O. The van der Waals surface area contributed by atoms with Crippen LogP contribution in [0.5, 0.6) is 0 Å². The first kappa shape index (κ1) is 13.2. The number of hydrogen-bond donors (Lipinski definition) is 1. The van der Waals surface area contributed by atoms with Crippen LogP contribution in [0.4, 0.5) is 5.69 Å². The molecule has 1 aliphatic heterocycles. The van der Waals surface area contributed by atoms with Gasteiger partial charge in [-0.15, -0.1) is 0 Å². The molecule has 1 saturated heterocycles. The molecule has 3 nitrogen and oxygen atoms in total. The van der Waals surface area contributed by atoms with Gasteiger partial charge in [-0.2, -0.15) is 0 Å². The molecule has 2 rings (SSSR count). The predicted octanol–water partition coefficient (Wildman–Crippen LogP) is 3.21. The minimum absolute atomic E-state index is 0.231. The fourth-order valence-electron chi connectivity index (χ4n) is 2.30. The van der Waals surface area contributed by atoms with Crippen molar-refractivity contribution in [2.75, 3.05) is 12.3 Å². The molecule has 0 aliphatic carbocycles. The van der Waals surface area contributed by atoms with Gasteiger partial charge in [0.15, 0.2) is 0 Å². The first-order valence-electron chi connectivity index (χ1n) is 6.48. The van der Waals surface area contributed by atoms with Crippen LogP contribution >= 0.6 is 11.6 Å². The first-order chi connectivity index (χ1) is 8.66. The Morgan fingerprint density at radius 2 is 2.00 bits per heavy atom. The molecule has 1 aliphatic rings. The second kappa shape index (κ2) is 6.10. The van der Waals surface area contributed by atoms with E-state index in [1.165, 1.54) is 12.8 Å². The standard InChI is InChI=1S/C14H19ClN2O/c15-12-6-7-13(16)11(9-12)10-17-8-4-2-1-3-5-14(17)18/h6-7,9H,1-5,8,10,16H2. The largest absolute Gasteiger partial charge is 0.398 e. The summed E-state index contributed by atoms with van der Waals surface area (Å²) < 4.78 is 0. The Morgan fingerprint density at radius 3 is 2.83 bits per heavy atom. The van der Waals surface area contributed by atoms with Crippen LogP contribution in [-0.4, -0.2) is 17.4 Å². The van der Waals surface area contributed by atoms with Gasteiger partial charge in [0.1, 0.15) is 0 Å². The van der Waals surface area contributed by atoms with Gasteiger partial charge in [-0.25, -0.2) is 0 Å². The number of nitrogens with two attached hydrogens (primary N) is 1.